The van der Waals surface area contributed by atoms with Gasteiger partial charge in [0.15, 0.2) is 0 Å². The van der Waals surface area contributed by atoms with Gasteiger partial charge in [-0.15, -0.1) is 0 Å². The Balaban J connectivity index is 5.14. The van der Waals surface area contributed by atoms with Gasteiger partial charge in [-0.05, 0) is 37.6 Å². The summed E-state index contributed by atoms with van der Waals surface area (Å²) in [5.74, 6) is 0.255. The van der Waals surface area contributed by atoms with Crippen molar-refractivity contribution >= 4 is 5.78 Å². The van der Waals surface area contributed by atoms with Gasteiger partial charge in [-0.3, -0.25) is 4.79 Å². The second-order valence-corrected chi connectivity index (χ2v) is 6.82. The van der Waals surface area contributed by atoms with Crippen LogP contribution in [0.1, 0.15) is 80.1 Å². The number of hydrogen-bond donors (Lipinski definition) is 1. The minimum absolute atomic E-state index is 0.0165. The monoisotopic (exact) mass is 269 g/mol. The zero-order valence-electron chi connectivity index (χ0n) is 14.2. The van der Waals surface area contributed by atoms with Crippen LogP contribution in [0.3, 0.4) is 0 Å². The largest absolute Gasteiger partial charge is 0.310 e. The van der Waals surface area contributed by atoms with E-state index < -0.39 is 0 Å². The molecule has 0 amide bonds. The van der Waals surface area contributed by atoms with Crippen molar-refractivity contribution in [2.75, 3.05) is 7.05 Å². The second-order valence-electron chi connectivity index (χ2n) is 6.82. The summed E-state index contributed by atoms with van der Waals surface area (Å²) in [4.78, 5) is 11.9. The van der Waals surface area contributed by atoms with E-state index in [4.69, 9.17) is 0 Å². The van der Waals surface area contributed by atoms with Crippen LogP contribution >= 0.6 is 0 Å². The average Bonchev–Trinajstić information content (AvgIpc) is 2.29. The van der Waals surface area contributed by atoms with Gasteiger partial charge >= 0.3 is 0 Å². The first-order valence-corrected chi connectivity index (χ1v) is 7.94. The van der Waals surface area contributed by atoms with Gasteiger partial charge in [0.2, 0.25) is 0 Å². The Labute approximate surface area is 120 Å². The molecular formula is C17H35NO. The summed E-state index contributed by atoms with van der Waals surface area (Å²) >= 11 is 0. The minimum Gasteiger partial charge on any atom is -0.310 e. The molecule has 0 spiro atoms. The van der Waals surface area contributed by atoms with Crippen molar-refractivity contribution in [1.82, 2.24) is 5.32 Å². The number of likely N-dealkylation sites (N-methyl/N-ethyl adjacent to an activating group) is 1. The minimum atomic E-state index is -0.0503. The molecule has 1 N–H and O–H groups in total. The summed E-state index contributed by atoms with van der Waals surface area (Å²) in [6, 6.07) is -0.0503. The highest BCUT2D eigenvalue weighted by atomic mass is 16.1. The molecule has 0 aromatic heterocycles. The summed E-state index contributed by atoms with van der Waals surface area (Å²) in [5.41, 5.74) is 0.202. The lowest BCUT2D eigenvalue weighted by molar-refractivity contribution is -0.124. The number of ketones is 1. The fourth-order valence-corrected chi connectivity index (χ4v) is 3.51. The van der Waals surface area contributed by atoms with Crippen LogP contribution in [-0.2, 0) is 4.79 Å². The predicted molar refractivity (Wildman–Crippen MR) is 84.5 cm³/mol. The summed E-state index contributed by atoms with van der Waals surface area (Å²) in [6.07, 6.45) is 7.40. The van der Waals surface area contributed by atoms with Gasteiger partial charge in [-0.1, -0.05) is 60.3 Å². The van der Waals surface area contributed by atoms with E-state index in [2.05, 4.69) is 39.9 Å². The summed E-state index contributed by atoms with van der Waals surface area (Å²) in [5, 5.41) is 3.25. The molecule has 19 heavy (non-hydrogen) atoms. The van der Waals surface area contributed by atoms with Gasteiger partial charge in [-0.2, -0.15) is 0 Å². The quantitative estimate of drug-likeness (QED) is 0.588. The first kappa shape index (κ1) is 18.6. The van der Waals surface area contributed by atoms with Crippen molar-refractivity contribution in [3.05, 3.63) is 0 Å². The molecule has 0 aliphatic carbocycles. The SMILES string of the molecule is CCCCCC(C)(CCC)C(C)(C)C(NC)C(C)=O. The van der Waals surface area contributed by atoms with Crippen molar-refractivity contribution < 1.29 is 4.79 Å². The number of hydrogen-bond acceptors (Lipinski definition) is 2. The second kappa shape index (κ2) is 8.04. The highest BCUT2D eigenvalue weighted by molar-refractivity contribution is 5.82. The third kappa shape index (κ3) is 4.59. The van der Waals surface area contributed by atoms with E-state index in [0.29, 0.717) is 0 Å². The molecule has 0 aromatic rings. The van der Waals surface area contributed by atoms with Crippen LogP contribution in [0.15, 0.2) is 0 Å². The standard InChI is InChI=1S/C17H35NO/c1-8-10-11-13-17(6,12-9-2)16(4,5)15(18-7)14(3)19/h15,18H,8-13H2,1-7H3. The lowest BCUT2D eigenvalue weighted by atomic mass is 9.58. The summed E-state index contributed by atoms with van der Waals surface area (Å²) < 4.78 is 0. The molecule has 0 radical (unpaired) electrons. The maximum atomic E-state index is 11.9. The first-order chi connectivity index (χ1) is 8.76. The van der Waals surface area contributed by atoms with Crippen LogP contribution in [0.5, 0.6) is 0 Å². The number of carbonyl (C=O) groups excluding carboxylic acids is 1. The number of unbranched alkanes of at least 4 members (excludes halogenated alkanes) is 2. The van der Waals surface area contributed by atoms with Gasteiger partial charge in [-0.25, -0.2) is 0 Å². The maximum Gasteiger partial charge on any atom is 0.147 e. The molecule has 0 aliphatic rings. The van der Waals surface area contributed by atoms with E-state index in [1.165, 1.54) is 38.5 Å². The van der Waals surface area contributed by atoms with Gasteiger partial charge in [0.05, 0.1) is 6.04 Å². The van der Waals surface area contributed by atoms with Crippen LogP contribution in [0.4, 0.5) is 0 Å². The Kier molecular flexibility index (Phi) is 7.88. The van der Waals surface area contributed by atoms with Gasteiger partial charge in [0, 0.05) is 0 Å². The number of carbonyl (C=O) groups is 1. The van der Waals surface area contributed by atoms with Crippen LogP contribution < -0.4 is 5.32 Å². The van der Waals surface area contributed by atoms with E-state index >= 15 is 0 Å². The Morgan fingerprint density at radius 1 is 1.05 bits per heavy atom. The fraction of sp³-hybridized carbons (Fsp3) is 0.941. The normalized spacial score (nSPS) is 17.0. The highest BCUT2D eigenvalue weighted by Gasteiger charge is 2.46. The lowest BCUT2D eigenvalue weighted by Crippen LogP contribution is -2.53. The van der Waals surface area contributed by atoms with Gasteiger partial charge in [0.1, 0.15) is 5.78 Å². The number of nitrogens with one attached hydrogen (secondary N) is 1. The summed E-state index contributed by atoms with van der Waals surface area (Å²) in [7, 11) is 1.91. The number of rotatable bonds is 10. The van der Waals surface area contributed by atoms with Crippen molar-refractivity contribution in [1.29, 1.82) is 0 Å². The zero-order valence-corrected chi connectivity index (χ0v) is 14.2. The third-order valence-electron chi connectivity index (χ3n) is 5.11. The zero-order chi connectivity index (χ0) is 15.1. The fourth-order valence-electron chi connectivity index (χ4n) is 3.51. The molecule has 0 fully saturated rings. The molecule has 0 saturated carbocycles. The molecule has 2 unspecified atom stereocenters. The Bertz CT molecular complexity index is 272. The molecule has 114 valence electrons. The Morgan fingerprint density at radius 2 is 1.63 bits per heavy atom. The molecule has 0 saturated heterocycles. The van der Waals surface area contributed by atoms with E-state index in [1.807, 2.05) is 7.05 Å². The number of Topliss-reactive ketones (excluding diaryl/α,β-unsaturated/α-hetero) is 1. The predicted octanol–water partition coefficient (Wildman–Crippen LogP) is 4.58. The molecule has 0 bridgehead atoms. The Morgan fingerprint density at radius 3 is 2.00 bits per heavy atom. The van der Waals surface area contributed by atoms with Gasteiger partial charge < -0.3 is 5.32 Å². The third-order valence-corrected chi connectivity index (χ3v) is 5.11. The van der Waals surface area contributed by atoms with Crippen molar-refractivity contribution in [3.63, 3.8) is 0 Å². The van der Waals surface area contributed by atoms with Crippen molar-refractivity contribution in [3.8, 4) is 0 Å². The molecule has 0 aliphatic heterocycles. The lowest BCUT2D eigenvalue weighted by Gasteiger charge is -2.49. The summed E-state index contributed by atoms with van der Waals surface area (Å²) in [6.45, 7) is 13.1. The molecular weight excluding hydrogens is 234 g/mol. The molecule has 2 atom stereocenters. The van der Waals surface area contributed by atoms with Crippen LogP contribution in [-0.4, -0.2) is 18.9 Å². The van der Waals surface area contributed by atoms with E-state index in [9.17, 15) is 4.79 Å². The van der Waals surface area contributed by atoms with E-state index in [0.717, 1.165) is 0 Å². The van der Waals surface area contributed by atoms with Crippen LogP contribution in [0, 0.1) is 10.8 Å². The molecule has 0 heterocycles. The van der Waals surface area contributed by atoms with Gasteiger partial charge in [0.25, 0.3) is 0 Å². The van der Waals surface area contributed by atoms with Crippen molar-refractivity contribution in [2.24, 2.45) is 10.8 Å². The van der Waals surface area contributed by atoms with E-state index in [1.54, 1.807) is 6.92 Å². The smallest absolute Gasteiger partial charge is 0.147 e. The first-order valence-electron chi connectivity index (χ1n) is 7.94. The van der Waals surface area contributed by atoms with Crippen LogP contribution in [0.2, 0.25) is 0 Å². The van der Waals surface area contributed by atoms with E-state index in [-0.39, 0.29) is 22.7 Å². The molecule has 0 rings (SSSR count). The van der Waals surface area contributed by atoms with Crippen LogP contribution in [0.25, 0.3) is 0 Å². The maximum absolute atomic E-state index is 11.9. The Hall–Kier alpha value is -0.370. The highest BCUT2D eigenvalue weighted by Crippen LogP contribution is 2.48. The molecule has 2 heteroatoms. The van der Waals surface area contributed by atoms with Crippen molar-refractivity contribution in [2.45, 2.75) is 86.1 Å². The molecule has 2 nitrogen and oxygen atoms in total. The molecule has 0 aromatic carbocycles. The average molecular weight is 269 g/mol. The topological polar surface area (TPSA) is 29.1 Å².